The smallest absolute Gasteiger partial charge is 0.346 e. The molecule has 0 radical (unpaired) electrons. The van der Waals surface area contributed by atoms with Crippen LogP contribution in [0.25, 0.3) is 21.5 Å². The van der Waals surface area contributed by atoms with Gasteiger partial charge in [-0.3, -0.25) is 0 Å². The second kappa shape index (κ2) is 10.1. The first-order valence-electron chi connectivity index (χ1n) is 13.3. The van der Waals surface area contributed by atoms with E-state index in [1.807, 2.05) is 4.57 Å². The molecule has 42 heavy (non-hydrogen) atoms. The molecule has 11 heteroatoms. The number of carboxylic acids is 1. The van der Waals surface area contributed by atoms with Gasteiger partial charge in [-0.05, 0) is 53.9 Å². The summed E-state index contributed by atoms with van der Waals surface area (Å²) in [7, 11) is 0. The molecule has 5 aromatic rings. The Bertz CT molecular complexity index is 1880. The van der Waals surface area contributed by atoms with Gasteiger partial charge in [0.2, 0.25) is 0 Å². The molecule has 2 aliphatic rings. The summed E-state index contributed by atoms with van der Waals surface area (Å²) in [4.78, 5) is 17.0. The van der Waals surface area contributed by atoms with Gasteiger partial charge in [0, 0.05) is 30.5 Å². The molecule has 7 nitrogen and oxygen atoms in total. The molecule has 214 valence electrons. The van der Waals surface area contributed by atoms with E-state index in [9.17, 15) is 14.3 Å². The average Bonchev–Trinajstić information content (AvgIpc) is 3.58. The number of hydrogen-bond acceptors (Lipinski definition) is 6. The highest BCUT2D eigenvalue weighted by molar-refractivity contribution is 7.20. The molecule has 0 spiro atoms. The van der Waals surface area contributed by atoms with Gasteiger partial charge in [-0.15, -0.1) is 11.3 Å². The summed E-state index contributed by atoms with van der Waals surface area (Å²) in [6.45, 7) is 2.82. The molecule has 2 aliphatic heterocycles. The summed E-state index contributed by atoms with van der Waals surface area (Å²) in [6.07, 6.45) is 1.12. The third-order valence-electron chi connectivity index (χ3n) is 7.63. The lowest BCUT2D eigenvalue weighted by Crippen LogP contribution is -2.32. The predicted molar refractivity (Wildman–Crippen MR) is 154 cm³/mol. The molecule has 2 atom stereocenters. The van der Waals surface area contributed by atoms with E-state index in [0.717, 1.165) is 17.8 Å². The number of nitrogens with zero attached hydrogens (tertiary/aromatic N) is 2. The zero-order chi connectivity index (χ0) is 29.2. The third-order valence-corrected chi connectivity index (χ3v) is 8.87. The van der Waals surface area contributed by atoms with Crippen molar-refractivity contribution < 1.29 is 32.9 Å². The average molecular weight is 609 g/mol. The Morgan fingerprint density at radius 1 is 1.14 bits per heavy atom. The van der Waals surface area contributed by atoms with Crippen LogP contribution in [0.3, 0.4) is 0 Å². The van der Waals surface area contributed by atoms with Crippen molar-refractivity contribution in [2.45, 2.75) is 38.2 Å². The summed E-state index contributed by atoms with van der Waals surface area (Å²) >= 11 is 7.02. The Kier molecular flexibility index (Phi) is 6.45. The van der Waals surface area contributed by atoms with E-state index >= 15 is 4.39 Å². The van der Waals surface area contributed by atoms with Crippen LogP contribution in [0.15, 0.2) is 60.7 Å². The van der Waals surface area contributed by atoms with Crippen molar-refractivity contribution in [3.63, 3.8) is 0 Å². The molecule has 0 bridgehead atoms. The number of carboxylic acid groups (broad SMARTS) is 1. The highest BCUT2D eigenvalue weighted by Gasteiger charge is 2.42. The van der Waals surface area contributed by atoms with Crippen LogP contribution in [0.2, 0.25) is 5.02 Å². The third kappa shape index (κ3) is 4.59. The number of imidazole rings is 1. The molecule has 2 unspecified atom stereocenters. The van der Waals surface area contributed by atoms with Crippen LogP contribution < -0.4 is 9.47 Å². The van der Waals surface area contributed by atoms with E-state index in [4.69, 9.17) is 25.8 Å². The lowest BCUT2D eigenvalue weighted by atomic mass is 10.0. The first kappa shape index (κ1) is 26.9. The Morgan fingerprint density at radius 2 is 1.98 bits per heavy atom. The maximum atomic E-state index is 15.6. The molecule has 1 N–H and O–H groups in total. The number of benzene rings is 3. The van der Waals surface area contributed by atoms with Crippen LogP contribution in [-0.4, -0.2) is 33.3 Å². The minimum absolute atomic E-state index is 0.0102. The molecule has 0 saturated carbocycles. The zero-order valence-corrected chi connectivity index (χ0v) is 23.8. The number of ether oxygens (including phenoxy) is 3. The number of fused-ring (bicyclic) bond motifs is 2. The minimum atomic E-state index is -1.43. The summed E-state index contributed by atoms with van der Waals surface area (Å²) < 4.78 is 50.2. The predicted octanol–water partition coefficient (Wildman–Crippen LogP) is 7.42. The normalized spacial score (nSPS) is 19.3. The van der Waals surface area contributed by atoms with Gasteiger partial charge in [0.1, 0.15) is 27.2 Å². The van der Waals surface area contributed by atoms with Gasteiger partial charge in [-0.25, -0.2) is 18.6 Å². The molecule has 0 aliphatic carbocycles. The second-order valence-corrected chi connectivity index (χ2v) is 11.9. The van der Waals surface area contributed by atoms with Crippen molar-refractivity contribution in [3.8, 4) is 22.6 Å². The van der Waals surface area contributed by atoms with Crippen molar-refractivity contribution in [2.24, 2.45) is 0 Å². The number of rotatable bonds is 7. The Balaban J connectivity index is 1.19. The maximum absolute atomic E-state index is 15.6. The number of carbonyl (C=O) groups is 1. The van der Waals surface area contributed by atoms with Crippen molar-refractivity contribution >= 4 is 39.3 Å². The van der Waals surface area contributed by atoms with Gasteiger partial charge < -0.3 is 23.9 Å². The fraction of sp³-hybridized carbons (Fsp3) is 0.226. The molecule has 0 amide bonds. The van der Waals surface area contributed by atoms with Crippen molar-refractivity contribution in [1.29, 1.82) is 0 Å². The van der Waals surface area contributed by atoms with Crippen molar-refractivity contribution in [3.05, 3.63) is 99.1 Å². The molecule has 1 saturated heterocycles. The molecule has 3 aromatic carbocycles. The summed E-state index contributed by atoms with van der Waals surface area (Å²) in [6, 6.07) is 16.1. The lowest BCUT2D eigenvalue weighted by Gasteiger charge is -2.27. The quantitative estimate of drug-likeness (QED) is 0.207. The number of aromatic carboxylic acids is 1. The number of halogens is 3. The first-order chi connectivity index (χ1) is 20.2. The van der Waals surface area contributed by atoms with Gasteiger partial charge in [0.25, 0.3) is 5.79 Å². The van der Waals surface area contributed by atoms with Gasteiger partial charge in [0.05, 0.1) is 23.7 Å². The van der Waals surface area contributed by atoms with Crippen LogP contribution >= 0.6 is 22.9 Å². The van der Waals surface area contributed by atoms with Crippen LogP contribution in [0.5, 0.6) is 11.5 Å². The fourth-order valence-corrected chi connectivity index (χ4v) is 6.44. The van der Waals surface area contributed by atoms with Crippen LogP contribution in [-0.2, 0) is 23.5 Å². The zero-order valence-electron chi connectivity index (χ0n) is 22.2. The topological polar surface area (TPSA) is 82.8 Å². The highest BCUT2D eigenvalue weighted by Crippen LogP contribution is 2.49. The second-order valence-electron chi connectivity index (χ2n) is 10.4. The summed E-state index contributed by atoms with van der Waals surface area (Å²) in [5.41, 5.74) is 2.49. The standard InChI is InChI=1S/C31H23ClF2N2O5S/c1-31(21-8-7-18(32)13-23(21)34)40-25-4-2-3-20(28(25)41-31)16-5-6-17(22(33)11-16)12-27-35-29-24(14-26(42-29)30(37)38)36(27)15-19-9-10-39-19/h2-8,11,13-14,19H,9-10,12,15H2,1H3,(H,37,38). The maximum Gasteiger partial charge on any atom is 0.346 e. The van der Waals surface area contributed by atoms with Gasteiger partial charge in [0.15, 0.2) is 11.5 Å². The SMILES string of the molecule is CC1(c2ccc(Cl)cc2F)Oc2cccc(-c3ccc(Cc4nc5sc(C(=O)O)cc5n4CC4CCO4)c(F)c3)c2O1. The highest BCUT2D eigenvalue weighted by atomic mass is 35.5. The lowest BCUT2D eigenvalue weighted by molar-refractivity contribution is -0.0705. The molecule has 2 aromatic heterocycles. The Hall–Kier alpha value is -3.99. The van der Waals surface area contributed by atoms with E-state index in [-0.39, 0.29) is 28.0 Å². The Labute approximate surface area is 247 Å². The van der Waals surface area contributed by atoms with E-state index in [2.05, 4.69) is 4.98 Å². The number of aromatic nitrogens is 2. The van der Waals surface area contributed by atoms with Crippen molar-refractivity contribution in [2.75, 3.05) is 6.61 Å². The number of hydrogen-bond donors (Lipinski definition) is 1. The molecular weight excluding hydrogens is 586 g/mol. The van der Waals surface area contributed by atoms with Gasteiger partial charge >= 0.3 is 5.97 Å². The van der Waals surface area contributed by atoms with Gasteiger partial charge in [-0.2, -0.15) is 0 Å². The van der Waals surface area contributed by atoms with Crippen LogP contribution in [0, 0.1) is 11.6 Å². The van der Waals surface area contributed by atoms with E-state index in [0.29, 0.717) is 57.5 Å². The van der Waals surface area contributed by atoms with E-state index < -0.39 is 23.4 Å². The molecule has 4 heterocycles. The summed E-state index contributed by atoms with van der Waals surface area (Å²) in [5, 5.41) is 9.68. The summed E-state index contributed by atoms with van der Waals surface area (Å²) in [5.74, 6) is -2.00. The monoisotopic (exact) mass is 608 g/mol. The fourth-order valence-electron chi connectivity index (χ4n) is 5.39. The van der Waals surface area contributed by atoms with Crippen LogP contribution in [0.4, 0.5) is 8.78 Å². The molecule has 1 fully saturated rings. The molecular formula is C31H23ClF2N2O5S. The number of thiophene rings is 1. The minimum Gasteiger partial charge on any atom is -0.477 e. The largest absolute Gasteiger partial charge is 0.477 e. The van der Waals surface area contributed by atoms with Gasteiger partial charge in [-0.1, -0.05) is 35.9 Å². The van der Waals surface area contributed by atoms with E-state index in [1.165, 1.54) is 18.2 Å². The van der Waals surface area contributed by atoms with Crippen molar-refractivity contribution in [1.82, 2.24) is 9.55 Å². The first-order valence-corrected chi connectivity index (χ1v) is 14.5. The molecule has 7 rings (SSSR count). The number of para-hydroxylation sites is 1. The Morgan fingerprint density at radius 3 is 2.69 bits per heavy atom. The van der Waals surface area contributed by atoms with E-state index in [1.54, 1.807) is 49.4 Å². The van der Waals surface area contributed by atoms with Crippen LogP contribution in [0.1, 0.15) is 40.0 Å².